The van der Waals surface area contributed by atoms with E-state index in [2.05, 4.69) is 5.32 Å². The average molecular weight is 485 g/mol. The van der Waals surface area contributed by atoms with Gasteiger partial charge in [0.1, 0.15) is 12.4 Å². The molecule has 0 unspecified atom stereocenters. The van der Waals surface area contributed by atoms with Crippen LogP contribution < -0.4 is 14.8 Å². The number of hydrogen-bond acceptors (Lipinski definition) is 3. The molecule has 3 nitrogen and oxygen atoms in total. The molecule has 3 rings (SSSR count). The summed E-state index contributed by atoms with van der Waals surface area (Å²) in [6, 6.07) is 17.8. The van der Waals surface area contributed by atoms with Gasteiger partial charge in [0.15, 0.2) is 11.5 Å². The fraction of sp³-hybridized carbons (Fsp3) is 0.250. The van der Waals surface area contributed by atoms with Gasteiger partial charge in [-0.2, -0.15) is 0 Å². The molecule has 0 saturated carbocycles. The molecule has 0 aromatic heterocycles. The van der Waals surface area contributed by atoms with Gasteiger partial charge in [0.25, 0.3) is 0 Å². The lowest BCUT2D eigenvalue weighted by Gasteiger charge is -2.16. The molecule has 0 heterocycles. The number of ether oxygens (including phenoxy) is 2. The fourth-order valence-corrected chi connectivity index (χ4v) is 3.39. The zero-order valence-corrected chi connectivity index (χ0v) is 19.5. The highest BCUT2D eigenvalue weighted by Gasteiger charge is 2.13. The average Bonchev–Trinajstić information content (AvgIpc) is 2.73. The van der Waals surface area contributed by atoms with Gasteiger partial charge in [-0.1, -0.05) is 47.5 Å². The maximum atomic E-state index is 13.1. The Kier molecular flexibility index (Phi) is 10.4. The topological polar surface area (TPSA) is 30.5 Å². The van der Waals surface area contributed by atoms with Crippen LogP contribution in [0.3, 0.4) is 0 Å². The predicted octanol–water partition coefficient (Wildman–Crippen LogP) is 6.86. The van der Waals surface area contributed by atoms with E-state index in [4.69, 9.17) is 32.7 Å². The molecule has 166 valence electrons. The first-order valence-corrected chi connectivity index (χ1v) is 10.6. The van der Waals surface area contributed by atoms with Crippen molar-refractivity contribution in [2.45, 2.75) is 26.5 Å². The predicted molar refractivity (Wildman–Crippen MR) is 127 cm³/mol. The highest BCUT2D eigenvalue weighted by atomic mass is 35.5. The van der Waals surface area contributed by atoms with Crippen LogP contribution in [0.4, 0.5) is 4.39 Å². The van der Waals surface area contributed by atoms with E-state index in [1.807, 2.05) is 43.3 Å². The minimum Gasteiger partial charge on any atom is -0.490 e. The lowest BCUT2D eigenvalue weighted by atomic mass is 10.1. The van der Waals surface area contributed by atoms with E-state index >= 15 is 0 Å². The third kappa shape index (κ3) is 7.89. The van der Waals surface area contributed by atoms with Crippen LogP contribution in [0.5, 0.6) is 11.5 Å². The Bertz CT molecular complexity index is 950. The number of nitrogens with one attached hydrogen (secondary N) is 1. The fourth-order valence-electron chi connectivity index (χ4n) is 2.98. The maximum absolute atomic E-state index is 13.1. The zero-order chi connectivity index (χ0) is 21.3. The van der Waals surface area contributed by atoms with Gasteiger partial charge in [0.05, 0.1) is 11.6 Å². The third-order valence-corrected chi connectivity index (χ3v) is 5.03. The SMILES string of the molecule is CCOc1cc(CNCCc2ccc(Cl)cc2)cc(Cl)c1OCc1ccc(F)cc1.Cl. The Morgan fingerprint density at radius 2 is 1.55 bits per heavy atom. The standard InChI is InChI=1S/C24H24Cl2FNO2.ClH/c1-2-29-23-14-19(15-28-12-11-17-3-7-20(25)8-4-17)13-22(26)24(23)30-16-18-5-9-21(27)10-6-18;/h3-10,13-14,28H,2,11-12,15-16H2,1H3;1H. The summed E-state index contributed by atoms with van der Waals surface area (Å²) in [6.07, 6.45) is 0.905. The summed E-state index contributed by atoms with van der Waals surface area (Å²) in [7, 11) is 0. The number of halogens is 4. The Morgan fingerprint density at radius 1 is 0.871 bits per heavy atom. The molecule has 0 aliphatic rings. The molecule has 3 aromatic carbocycles. The van der Waals surface area contributed by atoms with Crippen LogP contribution in [0.2, 0.25) is 10.0 Å². The molecule has 1 N–H and O–H groups in total. The van der Waals surface area contributed by atoms with Crippen molar-refractivity contribution in [3.63, 3.8) is 0 Å². The van der Waals surface area contributed by atoms with Crippen LogP contribution in [0, 0.1) is 5.82 Å². The highest BCUT2D eigenvalue weighted by Crippen LogP contribution is 2.37. The second-order valence-electron chi connectivity index (χ2n) is 6.81. The van der Waals surface area contributed by atoms with Crippen LogP contribution in [0.1, 0.15) is 23.6 Å². The maximum Gasteiger partial charge on any atom is 0.180 e. The second-order valence-corrected chi connectivity index (χ2v) is 7.65. The van der Waals surface area contributed by atoms with Crippen LogP contribution in [0.15, 0.2) is 60.7 Å². The van der Waals surface area contributed by atoms with Gasteiger partial charge in [-0.05, 0) is 73.0 Å². The summed E-state index contributed by atoms with van der Waals surface area (Å²) in [5, 5.41) is 4.65. The Labute approximate surface area is 198 Å². The quantitative estimate of drug-likeness (QED) is 0.319. The smallest absolute Gasteiger partial charge is 0.180 e. The van der Waals surface area contributed by atoms with E-state index in [1.54, 1.807) is 12.1 Å². The molecule has 3 aromatic rings. The molecule has 7 heteroatoms. The molecule has 0 fully saturated rings. The minimum atomic E-state index is -0.278. The number of benzene rings is 3. The van der Waals surface area contributed by atoms with Gasteiger partial charge in [-0.15, -0.1) is 12.4 Å². The molecule has 0 atom stereocenters. The lowest BCUT2D eigenvalue weighted by molar-refractivity contribution is 0.269. The molecule has 0 bridgehead atoms. The van der Waals surface area contributed by atoms with E-state index < -0.39 is 0 Å². The van der Waals surface area contributed by atoms with Crippen LogP contribution in [0.25, 0.3) is 0 Å². The monoisotopic (exact) mass is 483 g/mol. The summed E-state index contributed by atoms with van der Waals surface area (Å²) in [4.78, 5) is 0. The third-order valence-electron chi connectivity index (χ3n) is 4.50. The summed E-state index contributed by atoms with van der Waals surface area (Å²) in [5.74, 6) is 0.814. The zero-order valence-electron chi connectivity index (χ0n) is 17.2. The van der Waals surface area contributed by atoms with Crippen LogP contribution >= 0.6 is 35.6 Å². The van der Waals surface area contributed by atoms with E-state index in [0.717, 1.165) is 29.1 Å². The van der Waals surface area contributed by atoms with Crippen molar-refractivity contribution in [2.75, 3.05) is 13.2 Å². The number of hydrogen-bond donors (Lipinski definition) is 1. The highest BCUT2D eigenvalue weighted by molar-refractivity contribution is 6.32. The van der Waals surface area contributed by atoms with Gasteiger partial charge >= 0.3 is 0 Å². The van der Waals surface area contributed by atoms with E-state index in [9.17, 15) is 4.39 Å². The van der Waals surface area contributed by atoms with Crippen molar-refractivity contribution >= 4 is 35.6 Å². The van der Waals surface area contributed by atoms with Crippen LogP contribution in [-0.4, -0.2) is 13.2 Å². The molecule has 0 aliphatic heterocycles. The molecule has 31 heavy (non-hydrogen) atoms. The molecule has 0 radical (unpaired) electrons. The summed E-state index contributed by atoms with van der Waals surface area (Å²) in [6.45, 7) is 4.17. The van der Waals surface area contributed by atoms with Crippen molar-refractivity contribution in [3.8, 4) is 11.5 Å². The Morgan fingerprint density at radius 3 is 2.23 bits per heavy atom. The number of rotatable bonds is 10. The minimum absolute atomic E-state index is 0. The van der Waals surface area contributed by atoms with Crippen molar-refractivity contribution in [2.24, 2.45) is 0 Å². The Balaban J connectivity index is 0.00000341. The largest absolute Gasteiger partial charge is 0.490 e. The van der Waals surface area contributed by atoms with Crippen molar-refractivity contribution < 1.29 is 13.9 Å². The molecular formula is C24H25Cl3FNO2. The summed E-state index contributed by atoms with van der Waals surface area (Å²) < 4.78 is 24.7. The first kappa shape index (κ1) is 25.3. The second kappa shape index (κ2) is 12.8. The van der Waals surface area contributed by atoms with Crippen molar-refractivity contribution in [3.05, 3.63) is 93.2 Å². The van der Waals surface area contributed by atoms with Gasteiger partial charge in [-0.25, -0.2) is 4.39 Å². The normalized spacial score (nSPS) is 10.5. The van der Waals surface area contributed by atoms with Gasteiger partial charge < -0.3 is 14.8 Å². The van der Waals surface area contributed by atoms with Gasteiger partial charge in [-0.3, -0.25) is 0 Å². The Hall–Kier alpha value is -1.98. The van der Waals surface area contributed by atoms with E-state index in [1.165, 1.54) is 17.7 Å². The van der Waals surface area contributed by atoms with Crippen molar-refractivity contribution in [1.29, 1.82) is 0 Å². The van der Waals surface area contributed by atoms with Gasteiger partial charge in [0.2, 0.25) is 0 Å². The van der Waals surface area contributed by atoms with Crippen LogP contribution in [-0.2, 0) is 19.6 Å². The van der Waals surface area contributed by atoms with E-state index in [-0.39, 0.29) is 24.8 Å². The lowest BCUT2D eigenvalue weighted by Crippen LogP contribution is -2.16. The summed E-state index contributed by atoms with van der Waals surface area (Å²) >= 11 is 12.4. The van der Waals surface area contributed by atoms with E-state index in [0.29, 0.717) is 29.7 Å². The molecule has 0 aliphatic carbocycles. The first-order valence-electron chi connectivity index (χ1n) is 9.82. The molecule has 0 saturated heterocycles. The van der Waals surface area contributed by atoms with Gasteiger partial charge in [0, 0.05) is 11.6 Å². The molecular weight excluding hydrogens is 460 g/mol. The molecule has 0 amide bonds. The first-order chi connectivity index (χ1) is 14.5. The summed E-state index contributed by atoms with van der Waals surface area (Å²) in [5.41, 5.74) is 3.08. The molecule has 0 spiro atoms. The van der Waals surface area contributed by atoms with Crippen molar-refractivity contribution in [1.82, 2.24) is 5.32 Å².